The van der Waals surface area contributed by atoms with Crippen LogP contribution in [0, 0.1) is 20.2 Å². The van der Waals surface area contributed by atoms with Crippen LogP contribution in [0.5, 0.6) is 0 Å². The van der Waals surface area contributed by atoms with Gasteiger partial charge in [0.1, 0.15) is 0 Å². The van der Waals surface area contributed by atoms with Gasteiger partial charge in [-0.05, 0) is 24.3 Å². The highest BCUT2D eigenvalue weighted by atomic mass is 16.6. The van der Waals surface area contributed by atoms with Gasteiger partial charge in [-0.2, -0.15) is 0 Å². The van der Waals surface area contributed by atoms with Gasteiger partial charge < -0.3 is 29.9 Å². The van der Waals surface area contributed by atoms with Crippen LogP contribution in [0.3, 0.4) is 0 Å². The average Bonchev–Trinajstić information content (AvgIpc) is 2.82. The number of aliphatic hydroxyl groups excluding tert-OH is 2. The molecular weight excluding hydrogens is 460 g/mol. The fraction of sp³-hybridized carbons (Fsp3) is 0.300. The maximum atomic E-state index is 10.3. The lowest BCUT2D eigenvalue weighted by molar-refractivity contribution is -0.385. The fourth-order valence-electron chi connectivity index (χ4n) is 1.90. The third-order valence-corrected chi connectivity index (χ3v) is 3.49. The summed E-state index contributed by atoms with van der Waals surface area (Å²) in [5.74, 6) is -2.19. The summed E-state index contributed by atoms with van der Waals surface area (Å²) in [6, 6.07) is 9.40. The highest BCUT2D eigenvalue weighted by Gasteiger charge is 2.07. The summed E-state index contributed by atoms with van der Waals surface area (Å²) < 4.78 is 9.75. The van der Waals surface area contributed by atoms with Crippen molar-refractivity contribution in [1.29, 1.82) is 0 Å². The van der Waals surface area contributed by atoms with Crippen LogP contribution in [0.1, 0.15) is 20.7 Å². The van der Waals surface area contributed by atoms with Gasteiger partial charge >= 0.3 is 11.9 Å². The summed E-state index contributed by atoms with van der Waals surface area (Å²) in [4.78, 5) is 39.7. The van der Waals surface area contributed by atoms with Gasteiger partial charge in [-0.25, -0.2) is 9.59 Å². The Morgan fingerprint density at radius 2 is 0.941 bits per heavy atom. The topological polar surface area (TPSA) is 220 Å². The van der Waals surface area contributed by atoms with Crippen LogP contribution in [0.25, 0.3) is 0 Å². The first-order valence-electron chi connectivity index (χ1n) is 9.46. The van der Waals surface area contributed by atoms with Gasteiger partial charge in [0, 0.05) is 24.3 Å². The first-order chi connectivity index (χ1) is 16.1. The Balaban J connectivity index is 0.000000484. The summed E-state index contributed by atoms with van der Waals surface area (Å²) in [5, 5.41) is 53.7. The highest BCUT2D eigenvalue weighted by molar-refractivity contribution is 5.88. The molecule has 0 unspecified atom stereocenters. The first kappa shape index (κ1) is 30.0. The van der Waals surface area contributed by atoms with E-state index in [9.17, 15) is 29.8 Å². The van der Waals surface area contributed by atoms with Crippen molar-refractivity contribution < 1.29 is 49.3 Å². The van der Waals surface area contributed by atoms with Crippen LogP contribution in [0.15, 0.2) is 48.5 Å². The van der Waals surface area contributed by atoms with Crippen molar-refractivity contribution in [1.82, 2.24) is 0 Å². The summed E-state index contributed by atoms with van der Waals surface area (Å²) in [6.07, 6.45) is 0. The van der Waals surface area contributed by atoms with Crippen molar-refractivity contribution in [3.8, 4) is 0 Å². The van der Waals surface area contributed by atoms with E-state index in [0.717, 1.165) is 24.3 Å². The number of nitro benzene ring substituents is 2. The Bertz CT molecular complexity index is 759. The predicted molar refractivity (Wildman–Crippen MR) is 116 cm³/mol. The van der Waals surface area contributed by atoms with E-state index in [4.69, 9.17) is 29.9 Å². The number of aliphatic hydroxyl groups is 2. The van der Waals surface area contributed by atoms with Crippen LogP contribution in [-0.4, -0.2) is 81.9 Å². The third-order valence-electron chi connectivity index (χ3n) is 3.49. The van der Waals surface area contributed by atoms with Gasteiger partial charge in [0.05, 0.1) is 60.6 Å². The van der Waals surface area contributed by atoms with Gasteiger partial charge in [0.25, 0.3) is 11.4 Å². The Morgan fingerprint density at radius 1 is 0.647 bits per heavy atom. The second-order valence-corrected chi connectivity index (χ2v) is 5.89. The molecule has 14 nitrogen and oxygen atoms in total. The summed E-state index contributed by atoms with van der Waals surface area (Å²) in [5.41, 5.74) is -0.138. The average molecular weight is 484 g/mol. The molecular formula is C20H24N2O12. The van der Waals surface area contributed by atoms with Gasteiger partial charge in [-0.3, -0.25) is 20.2 Å². The molecule has 34 heavy (non-hydrogen) atoms. The van der Waals surface area contributed by atoms with E-state index in [2.05, 4.69) is 0 Å². The van der Waals surface area contributed by atoms with E-state index in [1.54, 1.807) is 0 Å². The molecule has 2 aromatic rings. The molecule has 14 heteroatoms. The molecule has 0 aliphatic rings. The molecule has 0 saturated carbocycles. The van der Waals surface area contributed by atoms with E-state index in [-0.39, 0.29) is 35.7 Å². The van der Waals surface area contributed by atoms with E-state index in [1.165, 1.54) is 24.3 Å². The molecule has 0 aliphatic carbocycles. The number of aromatic carboxylic acids is 2. The molecule has 0 spiro atoms. The number of carbonyl (C=O) groups is 2. The number of rotatable bonds is 11. The van der Waals surface area contributed by atoms with Crippen LogP contribution < -0.4 is 0 Å². The monoisotopic (exact) mass is 484 g/mol. The van der Waals surface area contributed by atoms with Gasteiger partial charge in [-0.15, -0.1) is 0 Å². The lowest BCUT2D eigenvalue weighted by Gasteiger charge is -2.01. The minimum Gasteiger partial charge on any atom is -0.478 e. The number of carboxylic acid groups (broad SMARTS) is 2. The molecule has 0 amide bonds. The van der Waals surface area contributed by atoms with Crippen molar-refractivity contribution >= 4 is 23.3 Å². The molecule has 0 heterocycles. The quantitative estimate of drug-likeness (QED) is 0.203. The van der Waals surface area contributed by atoms with Crippen molar-refractivity contribution in [2.24, 2.45) is 0 Å². The van der Waals surface area contributed by atoms with E-state index in [0.29, 0.717) is 26.4 Å². The zero-order chi connectivity index (χ0) is 25.9. The fourth-order valence-corrected chi connectivity index (χ4v) is 1.90. The number of hydrogen-bond donors (Lipinski definition) is 4. The molecule has 0 aliphatic heterocycles. The van der Waals surface area contributed by atoms with Crippen molar-refractivity contribution in [3.05, 3.63) is 79.9 Å². The summed E-state index contributed by atoms with van der Waals surface area (Å²) >= 11 is 0. The number of hydrogen-bond acceptors (Lipinski definition) is 10. The minimum atomic E-state index is -1.09. The number of non-ortho nitro benzene ring substituents is 2. The van der Waals surface area contributed by atoms with Crippen LogP contribution >= 0.6 is 0 Å². The van der Waals surface area contributed by atoms with Crippen molar-refractivity contribution in [3.63, 3.8) is 0 Å². The first-order valence-corrected chi connectivity index (χ1v) is 9.46. The standard InChI is InChI=1S/2C7H5NO4.C6H14O4/c2*9-7(10)5-1-3-6(4-2-5)8(11)12;7-1-3-9-5-6-10-4-2-8/h2*1-4H,(H,9,10);7-8H,1-6H2. The maximum Gasteiger partial charge on any atom is 0.335 e. The van der Waals surface area contributed by atoms with Crippen LogP contribution in [-0.2, 0) is 9.47 Å². The molecule has 2 rings (SSSR count). The van der Waals surface area contributed by atoms with Crippen LogP contribution in [0.4, 0.5) is 11.4 Å². The predicted octanol–water partition coefficient (Wildman–Crippen LogP) is 1.59. The van der Waals surface area contributed by atoms with E-state index < -0.39 is 21.8 Å². The van der Waals surface area contributed by atoms with Gasteiger partial charge in [0.2, 0.25) is 0 Å². The normalized spacial score (nSPS) is 9.59. The second kappa shape index (κ2) is 17.6. The number of ether oxygens (including phenoxy) is 2. The van der Waals surface area contributed by atoms with E-state index >= 15 is 0 Å². The number of nitro groups is 2. The third kappa shape index (κ3) is 13.4. The Morgan fingerprint density at radius 3 is 1.15 bits per heavy atom. The molecule has 186 valence electrons. The number of benzene rings is 2. The molecule has 0 fully saturated rings. The smallest absolute Gasteiger partial charge is 0.335 e. The number of carboxylic acids is 2. The maximum absolute atomic E-state index is 10.3. The zero-order valence-electron chi connectivity index (χ0n) is 17.8. The Labute approximate surface area is 192 Å². The largest absolute Gasteiger partial charge is 0.478 e. The molecule has 4 N–H and O–H groups in total. The minimum absolute atomic E-state index is 0.0417. The molecule has 0 bridgehead atoms. The lowest BCUT2D eigenvalue weighted by Crippen LogP contribution is -2.09. The van der Waals surface area contributed by atoms with Crippen molar-refractivity contribution in [2.45, 2.75) is 0 Å². The molecule has 0 atom stereocenters. The van der Waals surface area contributed by atoms with Gasteiger partial charge in [-0.1, -0.05) is 0 Å². The second-order valence-electron chi connectivity index (χ2n) is 5.89. The Hall–Kier alpha value is -3.98. The Kier molecular flexibility index (Phi) is 15.5. The molecule has 0 aromatic heterocycles. The number of nitrogens with zero attached hydrogens (tertiary/aromatic N) is 2. The molecule has 0 radical (unpaired) electrons. The van der Waals surface area contributed by atoms with E-state index in [1.807, 2.05) is 0 Å². The molecule has 2 aromatic carbocycles. The SMILES string of the molecule is O=C(O)c1ccc([N+](=O)[O-])cc1.O=C(O)c1ccc([N+](=O)[O-])cc1.OCCOCCOCCO. The lowest BCUT2D eigenvalue weighted by atomic mass is 10.2. The summed E-state index contributed by atoms with van der Waals surface area (Å²) in [7, 11) is 0. The van der Waals surface area contributed by atoms with Gasteiger partial charge in [0.15, 0.2) is 0 Å². The van der Waals surface area contributed by atoms with Crippen molar-refractivity contribution in [2.75, 3.05) is 39.6 Å². The van der Waals surface area contributed by atoms with Crippen LogP contribution in [0.2, 0.25) is 0 Å². The summed E-state index contributed by atoms with van der Waals surface area (Å²) in [6.45, 7) is 1.73. The zero-order valence-corrected chi connectivity index (χ0v) is 17.8. The highest BCUT2D eigenvalue weighted by Crippen LogP contribution is 2.12. The molecule has 0 saturated heterocycles.